The molecule has 0 bridgehead atoms. The molecule has 0 N–H and O–H groups in total. The first-order valence-corrected chi connectivity index (χ1v) is 7.09. The molecule has 0 aliphatic carbocycles. The summed E-state index contributed by atoms with van der Waals surface area (Å²) < 4.78 is 60.7. The van der Waals surface area contributed by atoms with Gasteiger partial charge in [-0.3, -0.25) is 4.79 Å². The number of halogens is 3. The predicted octanol–water partition coefficient (Wildman–Crippen LogP) is 0.780. The van der Waals surface area contributed by atoms with E-state index in [1.165, 1.54) is 0 Å². The van der Waals surface area contributed by atoms with Crippen LogP contribution in [0.5, 0.6) is 0 Å². The molecule has 1 saturated heterocycles. The van der Waals surface area contributed by atoms with Crippen LogP contribution in [0.25, 0.3) is 0 Å². The molecular formula is C9H15F3N2O3S. The molecule has 0 atom stereocenters. The number of nitrogens with zero attached hydrogens (tertiary/aromatic N) is 2. The summed E-state index contributed by atoms with van der Waals surface area (Å²) in [4.78, 5) is 11.8. The second-order valence-electron chi connectivity index (χ2n) is 4.13. The van der Waals surface area contributed by atoms with Crippen LogP contribution < -0.4 is 0 Å². The molecule has 0 radical (unpaired) electrons. The smallest absolute Gasteiger partial charge is 0.318 e. The highest BCUT2D eigenvalue weighted by Crippen LogP contribution is 2.21. The molecule has 1 aliphatic rings. The fraction of sp³-hybridized carbons (Fsp3) is 0.889. The molecule has 1 amide bonds. The summed E-state index contributed by atoms with van der Waals surface area (Å²) in [5.74, 6) is -0.955. The molecule has 0 saturated carbocycles. The van der Waals surface area contributed by atoms with Crippen molar-refractivity contribution in [1.82, 2.24) is 9.21 Å². The summed E-state index contributed by atoms with van der Waals surface area (Å²) in [6, 6.07) is 0. The van der Waals surface area contributed by atoms with Crippen molar-refractivity contribution < 1.29 is 26.4 Å². The van der Waals surface area contributed by atoms with Gasteiger partial charge < -0.3 is 4.90 Å². The van der Waals surface area contributed by atoms with Gasteiger partial charge in [0.15, 0.2) is 0 Å². The van der Waals surface area contributed by atoms with Crippen LogP contribution >= 0.6 is 0 Å². The molecule has 0 unspecified atom stereocenters. The third-order valence-corrected chi connectivity index (χ3v) is 4.35. The van der Waals surface area contributed by atoms with E-state index in [1.807, 2.05) is 0 Å². The minimum Gasteiger partial charge on any atom is -0.318 e. The summed E-state index contributed by atoms with van der Waals surface area (Å²) in [5, 5.41) is 0. The van der Waals surface area contributed by atoms with Crippen LogP contribution in [0.2, 0.25) is 0 Å². The zero-order valence-electron chi connectivity index (χ0n) is 9.90. The van der Waals surface area contributed by atoms with Crippen molar-refractivity contribution in [1.29, 1.82) is 0 Å². The van der Waals surface area contributed by atoms with Gasteiger partial charge in [-0.2, -0.15) is 17.5 Å². The van der Waals surface area contributed by atoms with E-state index in [-0.39, 0.29) is 5.75 Å². The molecule has 0 aromatic carbocycles. The largest absolute Gasteiger partial charge is 0.406 e. The molecule has 1 heterocycles. The molecule has 1 fully saturated rings. The average Bonchev–Trinajstić information content (AvgIpc) is 2.56. The number of hydrogen-bond acceptors (Lipinski definition) is 3. The highest BCUT2D eigenvalue weighted by Gasteiger charge is 2.40. The third-order valence-electron chi connectivity index (χ3n) is 2.51. The van der Waals surface area contributed by atoms with Gasteiger partial charge >= 0.3 is 6.18 Å². The number of sulfonamides is 1. The minimum absolute atomic E-state index is 0.142. The van der Waals surface area contributed by atoms with Crippen LogP contribution in [-0.2, 0) is 14.8 Å². The Morgan fingerprint density at radius 1 is 1.33 bits per heavy atom. The summed E-state index contributed by atoms with van der Waals surface area (Å²) in [6.07, 6.45) is -3.43. The Morgan fingerprint density at radius 2 is 1.94 bits per heavy atom. The Kier molecular flexibility index (Phi) is 4.60. The van der Waals surface area contributed by atoms with E-state index < -0.39 is 41.9 Å². The average molecular weight is 288 g/mol. The second-order valence-corrected chi connectivity index (χ2v) is 6.22. The van der Waals surface area contributed by atoms with Crippen LogP contribution in [0.3, 0.4) is 0 Å². The quantitative estimate of drug-likeness (QED) is 0.751. The molecule has 1 rings (SSSR count). The Balaban J connectivity index is 2.66. The van der Waals surface area contributed by atoms with Gasteiger partial charge in [-0.05, 0) is 6.42 Å². The van der Waals surface area contributed by atoms with Crippen molar-refractivity contribution >= 4 is 15.9 Å². The normalized spacial score (nSPS) is 18.7. The van der Waals surface area contributed by atoms with Crippen molar-refractivity contribution in [2.45, 2.75) is 25.9 Å². The number of hydrogen-bond donors (Lipinski definition) is 0. The fourth-order valence-corrected chi connectivity index (χ4v) is 3.10. The SMILES string of the molecule is CCCCS(=O)(=O)N1CC(=O)N(CC(F)(F)F)C1. The van der Waals surface area contributed by atoms with Gasteiger partial charge in [0, 0.05) is 0 Å². The van der Waals surface area contributed by atoms with Gasteiger partial charge in [-0.25, -0.2) is 8.42 Å². The minimum atomic E-state index is -4.52. The first-order chi connectivity index (χ1) is 8.15. The first-order valence-electron chi connectivity index (χ1n) is 5.48. The number of unbranched alkanes of at least 4 members (excludes halogenated alkanes) is 1. The molecule has 106 valence electrons. The van der Waals surface area contributed by atoms with Crippen molar-refractivity contribution in [2.75, 3.05) is 25.5 Å². The molecule has 0 aromatic heterocycles. The van der Waals surface area contributed by atoms with Gasteiger partial charge in [0.2, 0.25) is 15.9 Å². The van der Waals surface area contributed by atoms with Gasteiger partial charge in [-0.1, -0.05) is 13.3 Å². The van der Waals surface area contributed by atoms with Crippen LogP contribution in [0.15, 0.2) is 0 Å². The van der Waals surface area contributed by atoms with Crippen LogP contribution in [0.1, 0.15) is 19.8 Å². The fourth-order valence-electron chi connectivity index (χ4n) is 1.57. The predicted molar refractivity (Wildman–Crippen MR) is 58.0 cm³/mol. The molecule has 0 spiro atoms. The number of carbonyl (C=O) groups excluding carboxylic acids is 1. The second kappa shape index (κ2) is 5.43. The summed E-state index contributed by atoms with van der Waals surface area (Å²) in [7, 11) is -3.64. The summed E-state index contributed by atoms with van der Waals surface area (Å²) in [6.45, 7) is -0.612. The Labute approximate surface area is 104 Å². The van der Waals surface area contributed by atoms with E-state index >= 15 is 0 Å². The zero-order valence-corrected chi connectivity index (χ0v) is 10.7. The topological polar surface area (TPSA) is 57.7 Å². The van der Waals surface area contributed by atoms with Crippen LogP contribution in [-0.4, -0.2) is 55.2 Å². The lowest BCUT2D eigenvalue weighted by Crippen LogP contribution is -2.37. The van der Waals surface area contributed by atoms with Crippen molar-refractivity contribution in [2.24, 2.45) is 0 Å². The lowest BCUT2D eigenvalue weighted by Gasteiger charge is -2.19. The van der Waals surface area contributed by atoms with E-state index in [1.54, 1.807) is 6.92 Å². The zero-order chi connectivity index (χ0) is 14.0. The maximum absolute atomic E-state index is 12.1. The highest BCUT2D eigenvalue weighted by molar-refractivity contribution is 7.89. The number of carbonyl (C=O) groups is 1. The highest BCUT2D eigenvalue weighted by atomic mass is 32.2. The number of rotatable bonds is 5. The van der Waals surface area contributed by atoms with Crippen molar-refractivity contribution in [3.63, 3.8) is 0 Å². The van der Waals surface area contributed by atoms with E-state index in [2.05, 4.69) is 0 Å². The van der Waals surface area contributed by atoms with Crippen LogP contribution in [0, 0.1) is 0 Å². The molecule has 9 heteroatoms. The maximum Gasteiger partial charge on any atom is 0.406 e. The number of amides is 1. The lowest BCUT2D eigenvalue weighted by molar-refractivity contribution is -0.157. The monoisotopic (exact) mass is 288 g/mol. The van der Waals surface area contributed by atoms with Crippen LogP contribution in [0.4, 0.5) is 13.2 Å². The standard InChI is InChI=1S/C9H15F3N2O3S/c1-2-3-4-18(16,17)14-5-8(15)13(7-14)6-9(10,11)12/h2-7H2,1H3. The third kappa shape index (κ3) is 4.13. The summed E-state index contributed by atoms with van der Waals surface area (Å²) in [5.41, 5.74) is 0. The first kappa shape index (κ1) is 15.2. The van der Waals surface area contributed by atoms with Crippen molar-refractivity contribution in [3.05, 3.63) is 0 Å². The number of alkyl halides is 3. The van der Waals surface area contributed by atoms with E-state index in [9.17, 15) is 26.4 Å². The Bertz CT molecular complexity index is 408. The molecular weight excluding hydrogens is 273 g/mol. The molecule has 5 nitrogen and oxygen atoms in total. The lowest BCUT2D eigenvalue weighted by atomic mass is 10.4. The molecule has 1 aliphatic heterocycles. The van der Waals surface area contributed by atoms with Gasteiger partial charge in [0.25, 0.3) is 0 Å². The van der Waals surface area contributed by atoms with Gasteiger partial charge in [0.05, 0.1) is 19.0 Å². The van der Waals surface area contributed by atoms with Gasteiger partial charge in [-0.15, -0.1) is 0 Å². The van der Waals surface area contributed by atoms with E-state index in [0.29, 0.717) is 17.7 Å². The van der Waals surface area contributed by atoms with E-state index in [4.69, 9.17) is 0 Å². The maximum atomic E-state index is 12.1. The Hall–Kier alpha value is -0.830. The Morgan fingerprint density at radius 3 is 2.44 bits per heavy atom. The summed E-state index contributed by atoms with van der Waals surface area (Å²) >= 11 is 0. The van der Waals surface area contributed by atoms with Crippen molar-refractivity contribution in [3.8, 4) is 0 Å². The molecule has 0 aromatic rings. The van der Waals surface area contributed by atoms with Gasteiger partial charge in [0.1, 0.15) is 6.54 Å². The van der Waals surface area contributed by atoms with E-state index in [0.717, 1.165) is 4.31 Å². The molecule has 18 heavy (non-hydrogen) atoms.